The predicted octanol–water partition coefficient (Wildman–Crippen LogP) is 3.67. The third-order valence-electron chi connectivity index (χ3n) is 4.07. The minimum absolute atomic E-state index is 0.257. The molecule has 0 bridgehead atoms. The molecule has 2 aromatic carbocycles. The van der Waals surface area contributed by atoms with Crippen molar-refractivity contribution in [3.8, 4) is 17.2 Å². The molecule has 29 heavy (non-hydrogen) atoms. The van der Waals surface area contributed by atoms with E-state index in [1.165, 1.54) is 11.6 Å². The molecule has 152 valence electrons. The highest BCUT2D eigenvalue weighted by molar-refractivity contribution is 5.79. The summed E-state index contributed by atoms with van der Waals surface area (Å²) in [6.07, 6.45) is 1.60. The Morgan fingerprint density at radius 2 is 1.90 bits per heavy atom. The Morgan fingerprint density at radius 3 is 2.62 bits per heavy atom. The first-order valence-electron chi connectivity index (χ1n) is 9.09. The van der Waals surface area contributed by atoms with Gasteiger partial charge in [-0.15, -0.1) is 0 Å². The first-order valence-corrected chi connectivity index (χ1v) is 9.09. The summed E-state index contributed by atoms with van der Waals surface area (Å²) in [7, 11) is 1.64. The van der Waals surface area contributed by atoms with Crippen LogP contribution >= 0.6 is 0 Å². The molecule has 2 N–H and O–H groups in total. The van der Waals surface area contributed by atoms with Gasteiger partial charge in [-0.2, -0.15) is 0 Å². The number of rotatable bonds is 7. The van der Waals surface area contributed by atoms with E-state index in [-0.39, 0.29) is 12.4 Å². The van der Waals surface area contributed by atoms with Gasteiger partial charge in [-0.25, -0.2) is 13.8 Å². The van der Waals surface area contributed by atoms with Crippen molar-refractivity contribution in [2.24, 2.45) is 4.99 Å². The second-order valence-corrected chi connectivity index (χ2v) is 6.29. The van der Waals surface area contributed by atoms with E-state index in [0.29, 0.717) is 24.9 Å². The van der Waals surface area contributed by atoms with Crippen molar-refractivity contribution in [3.63, 3.8) is 0 Å². The number of aromatic nitrogens is 1. The number of nitrogens with one attached hydrogen (secondary N) is 2. The zero-order valence-corrected chi connectivity index (χ0v) is 16.2. The highest BCUT2D eigenvalue weighted by atomic mass is 19.2. The van der Waals surface area contributed by atoms with E-state index >= 15 is 0 Å². The lowest BCUT2D eigenvalue weighted by molar-refractivity contribution is 0.318. The second kappa shape index (κ2) is 9.68. The summed E-state index contributed by atoms with van der Waals surface area (Å²) in [4.78, 5) is 8.58. The van der Waals surface area contributed by atoms with Crippen LogP contribution in [0.15, 0.2) is 58.1 Å². The number of hydrogen-bond acceptors (Lipinski definition) is 4. The lowest BCUT2D eigenvalue weighted by atomic mass is 10.1. The maximum atomic E-state index is 13.1. The van der Waals surface area contributed by atoms with Crippen LogP contribution in [0.1, 0.15) is 11.3 Å². The molecule has 8 heteroatoms. The first kappa shape index (κ1) is 20.3. The van der Waals surface area contributed by atoms with Crippen molar-refractivity contribution >= 4 is 5.96 Å². The Morgan fingerprint density at radius 1 is 1.10 bits per heavy atom. The third-order valence-corrected chi connectivity index (χ3v) is 4.07. The molecule has 0 radical (unpaired) electrons. The fourth-order valence-corrected chi connectivity index (χ4v) is 2.52. The molecule has 0 amide bonds. The molecule has 1 heterocycles. The largest absolute Gasteiger partial charge is 0.492 e. The molecule has 0 unspecified atom stereocenters. The molecule has 0 aliphatic heterocycles. The number of guanidine groups is 1. The molecular formula is C21H22F2N4O2. The fourth-order valence-electron chi connectivity index (χ4n) is 2.52. The van der Waals surface area contributed by atoms with E-state index in [4.69, 9.17) is 9.15 Å². The Labute approximate surface area is 167 Å². The van der Waals surface area contributed by atoms with Crippen molar-refractivity contribution < 1.29 is 17.9 Å². The Balaban J connectivity index is 1.43. The maximum absolute atomic E-state index is 13.1. The van der Waals surface area contributed by atoms with Crippen LogP contribution in [0.4, 0.5) is 8.78 Å². The number of aliphatic imine (C=N–C) groups is 1. The third kappa shape index (κ3) is 5.78. The van der Waals surface area contributed by atoms with Crippen molar-refractivity contribution in [2.45, 2.75) is 13.5 Å². The van der Waals surface area contributed by atoms with E-state index in [2.05, 4.69) is 20.6 Å². The SMILES string of the molecule is CN=C(NCCOc1ccc(F)c(F)c1)NCc1coc(-c2ccc(C)cc2)n1. The highest BCUT2D eigenvalue weighted by Gasteiger charge is 2.08. The summed E-state index contributed by atoms with van der Waals surface area (Å²) in [5.74, 6) is -0.465. The van der Waals surface area contributed by atoms with Gasteiger partial charge >= 0.3 is 0 Å². The lowest BCUT2D eigenvalue weighted by Crippen LogP contribution is -2.38. The van der Waals surface area contributed by atoms with Crippen LogP contribution in [-0.2, 0) is 6.54 Å². The predicted molar refractivity (Wildman–Crippen MR) is 107 cm³/mol. The van der Waals surface area contributed by atoms with Crippen LogP contribution in [0, 0.1) is 18.6 Å². The van der Waals surface area contributed by atoms with Crippen LogP contribution in [0.3, 0.4) is 0 Å². The van der Waals surface area contributed by atoms with Gasteiger partial charge in [0.2, 0.25) is 5.89 Å². The van der Waals surface area contributed by atoms with E-state index in [1.807, 2.05) is 31.2 Å². The Hall–Kier alpha value is -3.42. The van der Waals surface area contributed by atoms with Gasteiger partial charge < -0.3 is 19.8 Å². The zero-order chi connectivity index (χ0) is 20.6. The Kier molecular flexibility index (Phi) is 6.78. The summed E-state index contributed by atoms with van der Waals surface area (Å²) >= 11 is 0. The normalized spacial score (nSPS) is 11.4. The highest BCUT2D eigenvalue weighted by Crippen LogP contribution is 2.19. The average Bonchev–Trinajstić information content (AvgIpc) is 3.19. The summed E-state index contributed by atoms with van der Waals surface area (Å²) < 4.78 is 37.0. The number of halogens is 2. The summed E-state index contributed by atoms with van der Waals surface area (Å²) in [6.45, 7) is 3.13. The second-order valence-electron chi connectivity index (χ2n) is 6.29. The molecule has 0 spiro atoms. The van der Waals surface area contributed by atoms with Crippen LogP contribution in [-0.4, -0.2) is 31.1 Å². The molecule has 0 atom stereocenters. The van der Waals surface area contributed by atoms with Crippen molar-refractivity contribution in [3.05, 3.63) is 71.6 Å². The maximum Gasteiger partial charge on any atom is 0.226 e. The first-order chi connectivity index (χ1) is 14.0. The molecular weight excluding hydrogens is 378 g/mol. The van der Waals surface area contributed by atoms with Crippen molar-refractivity contribution in [1.29, 1.82) is 0 Å². The number of oxazole rings is 1. The molecule has 3 aromatic rings. The zero-order valence-electron chi connectivity index (χ0n) is 16.2. The van der Waals surface area contributed by atoms with Gasteiger partial charge in [-0.1, -0.05) is 17.7 Å². The van der Waals surface area contributed by atoms with Gasteiger partial charge in [0, 0.05) is 18.7 Å². The molecule has 0 saturated carbocycles. The van der Waals surface area contributed by atoms with Crippen LogP contribution in [0.25, 0.3) is 11.5 Å². The molecule has 0 aliphatic carbocycles. The van der Waals surface area contributed by atoms with E-state index < -0.39 is 11.6 Å². The standard InChI is InChI=1S/C21H22F2N4O2/c1-14-3-5-15(6-4-14)20-27-16(13-29-20)12-26-21(24-2)25-9-10-28-17-7-8-18(22)19(23)11-17/h3-8,11,13H,9-10,12H2,1-2H3,(H2,24,25,26). The van der Waals surface area contributed by atoms with Crippen LogP contribution < -0.4 is 15.4 Å². The topological polar surface area (TPSA) is 71.7 Å². The Bertz CT molecular complexity index is 971. The van der Waals surface area contributed by atoms with Gasteiger partial charge in [0.05, 0.1) is 18.8 Å². The smallest absolute Gasteiger partial charge is 0.226 e. The number of ether oxygens (including phenoxy) is 1. The molecule has 3 rings (SSSR count). The van der Waals surface area contributed by atoms with Crippen molar-refractivity contribution in [1.82, 2.24) is 15.6 Å². The van der Waals surface area contributed by atoms with Gasteiger partial charge in [-0.05, 0) is 31.2 Å². The summed E-state index contributed by atoms with van der Waals surface area (Å²) in [6, 6.07) is 11.4. The van der Waals surface area contributed by atoms with E-state index in [9.17, 15) is 8.78 Å². The van der Waals surface area contributed by atoms with E-state index in [1.54, 1.807) is 13.3 Å². The minimum atomic E-state index is -0.939. The summed E-state index contributed by atoms with van der Waals surface area (Å²) in [5.41, 5.74) is 2.82. The fraction of sp³-hybridized carbons (Fsp3) is 0.238. The van der Waals surface area contributed by atoms with Gasteiger partial charge in [0.15, 0.2) is 17.6 Å². The number of hydrogen-bond donors (Lipinski definition) is 2. The number of benzene rings is 2. The molecule has 0 aliphatic rings. The lowest BCUT2D eigenvalue weighted by Gasteiger charge is -2.11. The molecule has 0 fully saturated rings. The number of nitrogens with zero attached hydrogens (tertiary/aromatic N) is 2. The van der Waals surface area contributed by atoms with Crippen LogP contribution in [0.2, 0.25) is 0 Å². The molecule has 1 aromatic heterocycles. The van der Waals surface area contributed by atoms with Crippen LogP contribution in [0.5, 0.6) is 5.75 Å². The number of aryl methyl sites for hydroxylation is 1. The minimum Gasteiger partial charge on any atom is -0.492 e. The average molecular weight is 400 g/mol. The monoisotopic (exact) mass is 400 g/mol. The molecule has 6 nitrogen and oxygen atoms in total. The quantitative estimate of drug-likeness (QED) is 0.360. The van der Waals surface area contributed by atoms with Gasteiger partial charge in [0.25, 0.3) is 0 Å². The van der Waals surface area contributed by atoms with Crippen molar-refractivity contribution in [2.75, 3.05) is 20.2 Å². The van der Waals surface area contributed by atoms with Gasteiger partial charge in [-0.3, -0.25) is 4.99 Å². The molecule has 0 saturated heterocycles. The summed E-state index contributed by atoms with van der Waals surface area (Å²) in [5, 5.41) is 6.19. The van der Waals surface area contributed by atoms with E-state index in [0.717, 1.165) is 23.4 Å². The van der Waals surface area contributed by atoms with Gasteiger partial charge in [0.1, 0.15) is 18.6 Å².